The molecule has 1 heterocycles. The summed E-state index contributed by atoms with van der Waals surface area (Å²) in [5, 5.41) is 0.677. The third kappa shape index (κ3) is 5.88. The van der Waals surface area contributed by atoms with Gasteiger partial charge in [0.15, 0.2) is 16.6 Å². The molecule has 0 radical (unpaired) electrons. The van der Waals surface area contributed by atoms with Gasteiger partial charge in [0.2, 0.25) is 5.75 Å². The van der Waals surface area contributed by atoms with E-state index in [2.05, 4.69) is 31.7 Å². The fourth-order valence-corrected chi connectivity index (χ4v) is 4.65. The summed E-state index contributed by atoms with van der Waals surface area (Å²) in [4.78, 5) is 22.5. The molecular formula is C24H32ClN3O4S. The number of benzene rings is 2. The maximum atomic E-state index is 13.7. The molecule has 9 heteroatoms. The number of anilines is 1. The van der Waals surface area contributed by atoms with E-state index in [1.54, 1.807) is 38.4 Å². The summed E-state index contributed by atoms with van der Waals surface area (Å²) in [5.74, 6) is 1.18. The molecule has 0 saturated heterocycles. The van der Waals surface area contributed by atoms with E-state index >= 15 is 0 Å². The summed E-state index contributed by atoms with van der Waals surface area (Å²) < 4.78 is 17.4. The van der Waals surface area contributed by atoms with Crippen molar-refractivity contribution >= 4 is 45.0 Å². The van der Waals surface area contributed by atoms with Crippen LogP contribution in [0.3, 0.4) is 0 Å². The van der Waals surface area contributed by atoms with E-state index in [9.17, 15) is 4.79 Å². The first-order chi connectivity index (χ1) is 15.4. The Kier molecular flexibility index (Phi) is 9.76. The highest BCUT2D eigenvalue weighted by Crippen LogP contribution is 2.39. The third-order valence-electron chi connectivity index (χ3n) is 5.45. The molecule has 0 unspecified atom stereocenters. The van der Waals surface area contributed by atoms with Crippen LogP contribution < -0.4 is 19.1 Å². The Labute approximate surface area is 205 Å². The van der Waals surface area contributed by atoms with Crippen LogP contribution in [0.2, 0.25) is 0 Å². The number of thiazole rings is 1. The summed E-state index contributed by atoms with van der Waals surface area (Å²) in [7, 11) is 4.63. The van der Waals surface area contributed by atoms with Crippen molar-refractivity contribution in [2.75, 3.05) is 52.4 Å². The van der Waals surface area contributed by atoms with Gasteiger partial charge >= 0.3 is 0 Å². The van der Waals surface area contributed by atoms with Crippen molar-refractivity contribution in [3.63, 3.8) is 0 Å². The van der Waals surface area contributed by atoms with Crippen LogP contribution in [0.4, 0.5) is 5.13 Å². The number of likely N-dealkylation sites (N-methyl/N-ethyl adjacent to an activating group) is 1. The van der Waals surface area contributed by atoms with Gasteiger partial charge in [-0.05, 0) is 49.8 Å². The molecule has 33 heavy (non-hydrogen) atoms. The molecule has 0 fully saturated rings. The molecule has 0 spiro atoms. The highest BCUT2D eigenvalue weighted by molar-refractivity contribution is 7.22. The number of carbonyl (C=O) groups is 1. The van der Waals surface area contributed by atoms with Gasteiger partial charge in [0.1, 0.15) is 0 Å². The average Bonchev–Trinajstić information content (AvgIpc) is 3.23. The summed E-state index contributed by atoms with van der Waals surface area (Å²) >= 11 is 1.53. The van der Waals surface area contributed by atoms with E-state index in [0.29, 0.717) is 34.5 Å². The number of rotatable bonds is 10. The van der Waals surface area contributed by atoms with Crippen molar-refractivity contribution in [2.24, 2.45) is 0 Å². The van der Waals surface area contributed by atoms with Crippen LogP contribution in [-0.2, 0) is 0 Å². The van der Waals surface area contributed by atoms with Crippen LogP contribution in [0.25, 0.3) is 10.2 Å². The van der Waals surface area contributed by atoms with E-state index in [1.807, 2.05) is 12.1 Å². The van der Waals surface area contributed by atoms with E-state index in [4.69, 9.17) is 19.2 Å². The Morgan fingerprint density at radius 3 is 2.15 bits per heavy atom. The quantitative estimate of drug-likeness (QED) is 0.394. The van der Waals surface area contributed by atoms with Crippen LogP contribution in [0.5, 0.6) is 17.2 Å². The fourth-order valence-electron chi connectivity index (χ4n) is 3.56. The van der Waals surface area contributed by atoms with E-state index in [0.717, 1.165) is 29.9 Å². The minimum Gasteiger partial charge on any atom is -0.493 e. The largest absolute Gasteiger partial charge is 0.493 e. The molecule has 3 rings (SSSR count). The topological polar surface area (TPSA) is 64.1 Å². The Balaban J connectivity index is 0.00000385. The van der Waals surface area contributed by atoms with Crippen LogP contribution in [-0.4, -0.2) is 63.3 Å². The minimum atomic E-state index is -0.160. The SMILES string of the molecule is CCN(CC)CCN(C(=O)c1cc(OC)c(OC)c(OC)c1)c1nc2ccc(C)cc2s1.Cl. The molecule has 0 aliphatic heterocycles. The molecule has 0 aliphatic carbocycles. The molecular weight excluding hydrogens is 462 g/mol. The molecule has 180 valence electrons. The van der Waals surface area contributed by atoms with Crippen LogP contribution in [0.1, 0.15) is 29.8 Å². The lowest BCUT2D eigenvalue weighted by Gasteiger charge is -2.25. The standard InChI is InChI=1S/C24H31N3O4S.ClH/c1-7-26(8-2)11-12-27(24-25-18-10-9-16(3)13-21(18)32-24)23(28)17-14-19(29-4)22(31-6)20(15-17)30-5;/h9-10,13-15H,7-8,11-12H2,1-6H3;1H. The third-order valence-corrected chi connectivity index (χ3v) is 6.50. The number of methoxy groups -OCH3 is 3. The number of aryl methyl sites for hydroxylation is 1. The zero-order valence-corrected chi connectivity index (χ0v) is 21.6. The predicted octanol–water partition coefficient (Wildman–Crippen LogP) is 5.04. The summed E-state index contributed by atoms with van der Waals surface area (Å²) in [6.07, 6.45) is 0. The molecule has 1 aromatic heterocycles. The molecule has 0 bridgehead atoms. The van der Waals surface area contributed by atoms with Gasteiger partial charge < -0.3 is 19.1 Å². The van der Waals surface area contributed by atoms with Crippen LogP contribution >= 0.6 is 23.7 Å². The van der Waals surface area contributed by atoms with E-state index in [-0.39, 0.29) is 18.3 Å². The first-order valence-corrected chi connectivity index (χ1v) is 11.5. The first kappa shape index (κ1) is 26.7. The Morgan fingerprint density at radius 1 is 0.970 bits per heavy atom. The number of carbonyl (C=O) groups excluding carboxylic acids is 1. The highest BCUT2D eigenvalue weighted by Gasteiger charge is 2.25. The number of hydrogen-bond acceptors (Lipinski definition) is 7. The Bertz CT molecular complexity index is 1060. The Hall–Kier alpha value is -2.55. The molecule has 0 aliphatic rings. The van der Waals surface area contributed by atoms with Crippen molar-refractivity contribution in [1.29, 1.82) is 0 Å². The second-order valence-corrected chi connectivity index (χ2v) is 8.37. The van der Waals surface area contributed by atoms with Crippen LogP contribution in [0.15, 0.2) is 30.3 Å². The van der Waals surface area contributed by atoms with E-state index in [1.165, 1.54) is 16.9 Å². The molecule has 2 aromatic carbocycles. The second-order valence-electron chi connectivity index (χ2n) is 7.37. The van der Waals surface area contributed by atoms with Crippen molar-refractivity contribution in [1.82, 2.24) is 9.88 Å². The van der Waals surface area contributed by atoms with E-state index < -0.39 is 0 Å². The smallest absolute Gasteiger partial charge is 0.260 e. The molecule has 3 aromatic rings. The normalized spacial score (nSPS) is 10.8. The number of halogens is 1. The van der Waals surface area contributed by atoms with Gasteiger partial charge in [0, 0.05) is 18.7 Å². The lowest BCUT2D eigenvalue weighted by molar-refractivity contribution is 0.0983. The summed E-state index contributed by atoms with van der Waals surface area (Å²) in [5.41, 5.74) is 2.51. The fraction of sp³-hybridized carbons (Fsp3) is 0.417. The molecule has 0 saturated carbocycles. The molecule has 0 atom stereocenters. The molecule has 0 N–H and O–H groups in total. The average molecular weight is 494 g/mol. The minimum absolute atomic E-state index is 0. The van der Waals surface area contributed by atoms with Gasteiger partial charge in [-0.3, -0.25) is 9.69 Å². The summed E-state index contributed by atoms with van der Waals surface area (Å²) in [6, 6.07) is 9.50. The highest BCUT2D eigenvalue weighted by atomic mass is 35.5. The van der Waals surface area contributed by atoms with Gasteiger partial charge in [-0.1, -0.05) is 31.3 Å². The van der Waals surface area contributed by atoms with Crippen molar-refractivity contribution in [3.8, 4) is 17.2 Å². The Morgan fingerprint density at radius 2 is 1.61 bits per heavy atom. The number of hydrogen-bond donors (Lipinski definition) is 0. The van der Waals surface area contributed by atoms with Gasteiger partial charge in [0.05, 0.1) is 31.5 Å². The molecule has 7 nitrogen and oxygen atoms in total. The maximum absolute atomic E-state index is 13.7. The van der Waals surface area contributed by atoms with Crippen molar-refractivity contribution < 1.29 is 19.0 Å². The number of amides is 1. The van der Waals surface area contributed by atoms with Gasteiger partial charge in [-0.25, -0.2) is 4.98 Å². The maximum Gasteiger partial charge on any atom is 0.260 e. The van der Waals surface area contributed by atoms with Gasteiger partial charge in [0.25, 0.3) is 5.91 Å². The lowest BCUT2D eigenvalue weighted by atomic mass is 10.1. The zero-order valence-electron chi connectivity index (χ0n) is 20.0. The van der Waals surface area contributed by atoms with Crippen LogP contribution in [0, 0.1) is 6.92 Å². The molecule has 1 amide bonds. The second kappa shape index (κ2) is 12.1. The number of nitrogens with zero attached hydrogens (tertiary/aromatic N) is 3. The summed E-state index contributed by atoms with van der Waals surface area (Å²) in [6.45, 7) is 9.40. The predicted molar refractivity (Wildman–Crippen MR) is 137 cm³/mol. The zero-order chi connectivity index (χ0) is 23.3. The van der Waals surface area contributed by atoms with Crippen molar-refractivity contribution in [3.05, 3.63) is 41.5 Å². The monoisotopic (exact) mass is 493 g/mol. The van der Waals surface area contributed by atoms with Gasteiger partial charge in [-0.2, -0.15) is 0 Å². The van der Waals surface area contributed by atoms with Crippen molar-refractivity contribution in [2.45, 2.75) is 20.8 Å². The van der Waals surface area contributed by atoms with Gasteiger partial charge in [-0.15, -0.1) is 12.4 Å². The number of fused-ring (bicyclic) bond motifs is 1. The first-order valence-electron chi connectivity index (χ1n) is 10.7. The number of ether oxygens (including phenoxy) is 3. The number of aromatic nitrogens is 1. The lowest BCUT2D eigenvalue weighted by Crippen LogP contribution is -2.38.